The molecule has 1 aliphatic rings. The van der Waals surface area contributed by atoms with Crippen molar-refractivity contribution in [2.75, 3.05) is 37.9 Å². The zero-order chi connectivity index (χ0) is 20.5. The normalized spacial score (nSPS) is 14.8. The number of ether oxygens (including phenoxy) is 1. The summed E-state index contributed by atoms with van der Waals surface area (Å²) in [7, 11) is 4.02. The smallest absolute Gasteiger partial charge is 0.318 e. The Morgan fingerprint density at radius 3 is 2.83 bits per heavy atom. The molecule has 1 unspecified atom stereocenters. The Bertz CT molecular complexity index is 1040. The predicted octanol–water partition coefficient (Wildman–Crippen LogP) is 2.81. The van der Waals surface area contributed by atoms with E-state index in [2.05, 4.69) is 32.8 Å². The Kier molecular flexibility index (Phi) is 5.15. The summed E-state index contributed by atoms with van der Waals surface area (Å²) in [6.07, 6.45) is 0.750. The van der Waals surface area contributed by atoms with Crippen LogP contribution in [0, 0.1) is 0 Å². The van der Waals surface area contributed by atoms with E-state index < -0.39 is 0 Å². The number of hydrogen-bond acceptors (Lipinski definition) is 7. The zero-order valence-electron chi connectivity index (χ0n) is 17.1. The largest absolute Gasteiger partial charge is 0.508 e. The number of nitrogens with two attached hydrogens (primary N) is 1. The van der Waals surface area contributed by atoms with Gasteiger partial charge < -0.3 is 25.4 Å². The molecular weight excluding hydrogens is 366 g/mol. The molecule has 1 atom stereocenters. The molecule has 0 aliphatic carbocycles. The highest BCUT2D eigenvalue weighted by Gasteiger charge is 2.24. The van der Waals surface area contributed by atoms with Gasteiger partial charge in [-0.2, -0.15) is 9.97 Å². The Morgan fingerprint density at radius 2 is 2.03 bits per heavy atom. The summed E-state index contributed by atoms with van der Waals surface area (Å²) < 4.78 is 5.80. The van der Waals surface area contributed by atoms with E-state index in [0.29, 0.717) is 25.0 Å². The number of aromatic nitrogens is 2. The fourth-order valence-corrected chi connectivity index (χ4v) is 3.59. The van der Waals surface area contributed by atoms with Crippen molar-refractivity contribution in [3.8, 4) is 11.8 Å². The number of hydrogen-bond donors (Lipinski definition) is 2. The molecule has 1 aliphatic heterocycles. The Morgan fingerprint density at radius 1 is 1.24 bits per heavy atom. The van der Waals surface area contributed by atoms with E-state index >= 15 is 0 Å². The van der Waals surface area contributed by atoms with E-state index in [1.807, 2.05) is 38.4 Å². The summed E-state index contributed by atoms with van der Waals surface area (Å²) in [4.78, 5) is 13.3. The number of anilines is 2. The van der Waals surface area contributed by atoms with Gasteiger partial charge in [0.2, 0.25) is 0 Å². The number of phenols is 1. The third-order valence-corrected chi connectivity index (χ3v) is 5.58. The highest BCUT2D eigenvalue weighted by atomic mass is 16.5. The molecule has 0 amide bonds. The fourth-order valence-electron chi connectivity index (χ4n) is 3.59. The first kappa shape index (κ1) is 19.3. The van der Waals surface area contributed by atoms with Gasteiger partial charge in [0.1, 0.15) is 18.2 Å². The number of phenolic OH excluding ortho intramolecular Hbond substituents is 1. The molecule has 0 saturated heterocycles. The van der Waals surface area contributed by atoms with Gasteiger partial charge in [0.05, 0.1) is 12.2 Å². The van der Waals surface area contributed by atoms with E-state index in [4.69, 9.17) is 10.5 Å². The van der Waals surface area contributed by atoms with Crippen molar-refractivity contribution < 1.29 is 9.84 Å². The molecule has 2 heterocycles. The average molecular weight is 393 g/mol. The Hall–Kier alpha value is -3.06. The quantitative estimate of drug-likeness (QED) is 0.689. The van der Waals surface area contributed by atoms with Crippen LogP contribution in [0.15, 0.2) is 36.4 Å². The Labute approximate surface area is 170 Å². The number of benzene rings is 2. The molecule has 2 aromatic carbocycles. The third-order valence-electron chi connectivity index (χ3n) is 5.58. The van der Waals surface area contributed by atoms with Crippen molar-refractivity contribution in [3.05, 3.63) is 47.7 Å². The van der Waals surface area contributed by atoms with Crippen molar-refractivity contribution in [2.45, 2.75) is 25.9 Å². The molecule has 29 heavy (non-hydrogen) atoms. The molecule has 7 heteroatoms. The molecule has 0 radical (unpaired) electrons. The summed E-state index contributed by atoms with van der Waals surface area (Å²) >= 11 is 0. The first-order valence-corrected chi connectivity index (χ1v) is 9.83. The first-order chi connectivity index (χ1) is 13.9. The van der Waals surface area contributed by atoms with Gasteiger partial charge in [0.15, 0.2) is 0 Å². The molecule has 0 bridgehead atoms. The summed E-state index contributed by atoms with van der Waals surface area (Å²) in [5.74, 6) is 0.747. The second-order valence-electron chi connectivity index (χ2n) is 7.80. The van der Waals surface area contributed by atoms with Crippen LogP contribution in [-0.4, -0.2) is 53.3 Å². The molecule has 4 rings (SSSR count). The number of aromatic hydroxyl groups is 1. The van der Waals surface area contributed by atoms with E-state index in [9.17, 15) is 5.11 Å². The monoisotopic (exact) mass is 393 g/mol. The topological polar surface area (TPSA) is 87.7 Å². The molecule has 0 spiro atoms. The molecule has 0 fully saturated rings. The van der Waals surface area contributed by atoms with E-state index in [1.54, 1.807) is 6.07 Å². The van der Waals surface area contributed by atoms with Crippen molar-refractivity contribution in [1.82, 2.24) is 14.9 Å². The molecule has 152 valence electrons. The number of nitrogen functional groups attached to an aromatic ring is 1. The van der Waals surface area contributed by atoms with Crippen LogP contribution in [0.1, 0.15) is 18.2 Å². The van der Waals surface area contributed by atoms with Gasteiger partial charge >= 0.3 is 6.01 Å². The van der Waals surface area contributed by atoms with Crippen LogP contribution in [0.2, 0.25) is 0 Å². The average Bonchev–Trinajstić information content (AvgIpc) is 2.70. The SMILES string of the molecule is CC(COc1nc(N)c2c(n1)CN(c1cc(O)cc3ccccc13)CC2)N(C)C. The first-order valence-electron chi connectivity index (χ1n) is 9.83. The van der Waals surface area contributed by atoms with Crippen molar-refractivity contribution in [1.29, 1.82) is 0 Å². The zero-order valence-corrected chi connectivity index (χ0v) is 17.1. The van der Waals surface area contributed by atoms with Gasteiger partial charge in [-0.25, -0.2) is 0 Å². The van der Waals surface area contributed by atoms with Gasteiger partial charge in [0, 0.05) is 35.3 Å². The van der Waals surface area contributed by atoms with Crippen LogP contribution in [0.5, 0.6) is 11.8 Å². The Balaban J connectivity index is 1.63. The maximum absolute atomic E-state index is 10.2. The third kappa shape index (κ3) is 3.91. The second-order valence-corrected chi connectivity index (χ2v) is 7.80. The lowest BCUT2D eigenvalue weighted by atomic mass is 10.0. The molecule has 3 aromatic rings. The van der Waals surface area contributed by atoms with E-state index in [-0.39, 0.29) is 11.8 Å². The molecule has 3 N–H and O–H groups in total. The minimum atomic E-state index is 0.242. The minimum absolute atomic E-state index is 0.242. The van der Waals surface area contributed by atoms with Gasteiger partial charge in [-0.15, -0.1) is 0 Å². The second kappa shape index (κ2) is 7.75. The predicted molar refractivity (Wildman–Crippen MR) is 115 cm³/mol. The number of fused-ring (bicyclic) bond motifs is 2. The summed E-state index contributed by atoms with van der Waals surface area (Å²) in [5, 5.41) is 12.3. The van der Waals surface area contributed by atoms with Crippen molar-refractivity contribution in [2.24, 2.45) is 0 Å². The van der Waals surface area contributed by atoms with Crippen molar-refractivity contribution in [3.63, 3.8) is 0 Å². The van der Waals surface area contributed by atoms with Gasteiger partial charge in [-0.1, -0.05) is 24.3 Å². The van der Waals surface area contributed by atoms with Crippen LogP contribution < -0.4 is 15.4 Å². The lowest BCUT2D eigenvalue weighted by molar-refractivity contribution is 0.187. The number of nitrogens with zero attached hydrogens (tertiary/aromatic N) is 4. The lowest BCUT2D eigenvalue weighted by Crippen LogP contribution is -2.33. The maximum Gasteiger partial charge on any atom is 0.318 e. The van der Waals surface area contributed by atoms with Crippen molar-refractivity contribution >= 4 is 22.3 Å². The fraction of sp³-hybridized carbons (Fsp3) is 0.364. The number of likely N-dealkylation sites (N-methyl/N-ethyl adjacent to an activating group) is 1. The summed E-state index contributed by atoms with van der Waals surface area (Å²) in [6.45, 7) is 3.95. The highest BCUT2D eigenvalue weighted by Crippen LogP contribution is 2.35. The lowest BCUT2D eigenvalue weighted by Gasteiger charge is -2.31. The minimum Gasteiger partial charge on any atom is -0.508 e. The van der Waals surface area contributed by atoms with Crippen LogP contribution in [0.4, 0.5) is 11.5 Å². The maximum atomic E-state index is 10.2. The van der Waals surface area contributed by atoms with Crippen LogP contribution in [0.25, 0.3) is 10.8 Å². The van der Waals surface area contributed by atoms with Crippen LogP contribution in [0.3, 0.4) is 0 Å². The van der Waals surface area contributed by atoms with Gasteiger partial charge in [-0.3, -0.25) is 0 Å². The standard InChI is InChI=1S/C22H27N5O2/c1-14(26(2)3)13-29-22-24-19-12-27(9-8-18(19)21(23)25-22)20-11-16(28)10-15-6-4-5-7-17(15)20/h4-7,10-11,14,28H,8-9,12-13H2,1-3H3,(H2,23,24,25). The van der Waals surface area contributed by atoms with Gasteiger partial charge in [-0.05, 0) is 38.9 Å². The molecule has 1 aromatic heterocycles. The highest BCUT2D eigenvalue weighted by molar-refractivity contribution is 5.95. The molecule has 0 saturated carbocycles. The van der Waals surface area contributed by atoms with Crippen LogP contribution >= 0.6 is 0 Å². The summed E-state index contributed by atoms with van der Waals surface area (Å²) in [6, 6.07) is 12.2. The van der Waals surface area contributed by atoms with Gasteiger partial charge in [0.25, 0.3) is 0 Å². The van der Waals surface area contributed by atoms with E-state index in [1.165, 1.54) is 0 Å². The number of rotatable bonds is 5. The van der Waals surface area contributed by atoms with Crippen LogP contribution in [-0.2, 0) is 13.0 Å². The van der Waals surface area contributed by atoms with E-state index in [0.717, 1.165) is 40.7 Å². The molecular formula is C22H27N5O2. The molecule has 7 nitrogen and oxygen atoms in total. The summed E-state index contributed by atoms with van der Waals surface area (Å²) in [5.41, 5.74) is 9.06.